The van der Waals surface area contributed by atoms with Crippen molar-refractivity contribution in [3.8, 4) is 0 Å². The van der Waals surface area contributed by atoms with Crippen molar-refractivity contribution < 1.29 is 9.59 Å². The summed E-state index contributed by atoms with van der Waals surface area (Å²) in [6.07, 6.45) is 0. The summed E-state index contributed by atoms with van der Waals surface area (Å²) >= 11 is 1.56. The Hall–Kier alpha value is -2.22. The van der Waals surface area contributed by atoms with E-state index in [1.165, 1.54) is 5.56 Å². The minimum absolute atomic E-state index is 0.0587. The zero-order valence-corrected chi connectivity index (χ0v) is 17.3. The normalized spacial score (nSPS) is 16.5. The van der Waals surface area contributed by atoms with Crippen LogP contribution in [0.2, 0.25) is 0 Å². The van der Waals surface area contributed by atoms with Gasteiger partial charge in [0.05, 0.1) is 12.6 Å². The van der Waals surface area contributed by atoms with Crippen LogP contribution in [0, 0.1) is 6.92 Å². The topological polar surface area (TPSA) is 64.7 Å². The molecule has 150 valence electrons. The van der Waals surface area contributed by atoms with Gasteiger partial charge in [0.2, 0.25) is 0 Å². The van der Waals surface area contributed by atoms with E-state index in [4.69, 9.17) is 0 Å². The predicted octanol–water partition coefficient (Wildman–Crippen LogP) is 1.78. The van der Waals surface area contributed by atoms with Crippen LogP contribution >= 0.6 is 11.3 Å². The lowest BCUT2D eigenvalue weighted by atomic mass is 10.0. The summed E-state index contributed by atoms with van der Waals surface area (Å²) < 4.78 is 0. The van der Waals surface area contributed by atoms with Crippen LogP contribution in [0.5, 0.6) is 0 Å². The number of aryl methyl sites for hydroxylation is 1. The molecule has 6 nitrogen and oxygen atoms in total. The molecule has 0 saturated carbocycles. The van der Waals surface area contributed by atoms with E-state index in [0.29, 0.717) is 13.1 Å². The summed E-state index contributed by atoms with van der Waals surface area (Å²) in [7, 11) is 2.12. The van der Waals surface area contributed by atoms with Crippen LogP contribution < -0.4 is 10.6 Å². The largest absolute Gasteiger partial charge is 0.346 e. The number of nitrogens with one attached hydrogen (secondary N) is 2. The van der Waals surface area contributed by atoms with Crippen LogP contribution in [0.1, 0.15) is 22.0 Å². The molecule has 1 atom stereocenters. The van der Waals surface area contributed by atoms with Crippen LogP contribution in [0.25, 0.3) is 0 Å². The molecule has 0 aliphatic carbocycles. The molecular weight excluding hydrogens is 372 g/mol. The number of nitrogens with zero attached hydrogens (tertiary/aromatic N) is 2. The monoisotopic (exact) mass is 400 g/mol. The lowest BCUT2D eigenvalue weighted by molar-refractivity contribution is -0.139. The van der Waals surface area contributed by atoms with E-state index >= 15 is 0 Å². The fourth-order valence-corrected chi connectivity index (χ4v) is 3.96. The lowest BCUT2D eigenvalue weighted by Crippen LogP contribution is -2.49. The molecule has 28 heavy (non-hydrogen) atoms. The van der Waals surface area contributed by atoms with Crippen LogP contribution in [0.15, 0.2) is 41.8 Å². The van der Waals surface area contributed by atoms with Gasteiger partial charge in [-0.1, -0.05) is 35.9 Å². The standard InChI is InChI=1S/C21H28N4O2S/c1-16-5-7-17(8-6-16)19(25-11-9-24(2)10-12-25)15-23-21(27)20(26)22-14-18-4-3-13-28-18/h3-8,13,19H,9-12,14-15H2,1-2H3,(H,22,26)(H,23,27). The lowest BCUT2D eigenvalue weighted by Gasteiger charge is -2.38. The summed E-state index contributed by atoms with van der Waals surface area (Å²) in [5.74, 6) is -1.17. The van der Waals surface area contributed by atoms with Gasteiger partial charge in [-0.25, -0.2) is 0 Å². The molecule has 1 saturated heterocycles. The average molecular weight is 401 g/mol. The summed E-state index contributed by atoms with van der Waals surface area (Å²) in [4.78, 5) is 30.1. The highest BCUT2D eigenvalue weighted by Gasteiger charge is 2.25. The number of carbonyl (C=O) groups excluding carboxylic acids is 2. The molecule has 1 unspecified atom stereocenters. The van der Waals surface area contributed by atoms with Gasteiger partial charge in [-0.05, 0) is 31.0 Å². The Morgan fingerprint density at radius 2 is 1.71 bits per heavy atom. The Morgan fingerprint density at radius 3 is 2.36 bits per heavy atom. The summed E-state index contributed by atoms with van der Waals surface area (Å²) in [6.45, 7) is 6.73. The van der Waals surface area contributed by atoms with Crippen LogP contribution in [-0.2, 0) is 16.1 Å². The molecule has 0 bridgehead atoms. The number of carbonyl (C=O) groups is 2. The Labute approximate surface area is 170 Å². The van der Waals surface area contributed by atoms with E-state index < -0.39 is 11.8 Å². The van der Waals surface area contributed by atoms with E-state index in [0.717, 1.165) is 36.6 Å². The highest BCUT2D eigenvalue weighted by atomic mass is 32.1. The van der Waals surface area contributed by atoms with E-state index in [9.17, 15) is 9.59 Å². The van der Waals surface area contributed by atoms with Gasteiger partial charge in [-0.3, -0.25) is 14.5 Å². The molecule has 2 amide bonds. The molecule has 3 rings (SSSR count). The molecule has 1 aliphatic heterocycles. The second-order valence-corrected chi connectivity index (χ2v) is 8.27. The van der Waals surface area contributed by atoms with Crippen LogP contribution in [-0.4, -0.2) is 61.4 Å². The molecule has 2 heterocycles. The molecule has 2 N–H and O–H groups in total. The molecule has 1 aromatic heterocycles. The average Bonchev–Trinajstić information content (AvgIpc) is 3.22. The van der Waals surface area contributed by atoms with Crippen molar-refractivity contribution in [1.29, 1.82) is 0 Å². The number of amides is 2. The molecule has 2 aromatic rings. The first kappa shape index (κ1) is 20.5. The van der Waals surface area contributed by atoms with Gasteiger partial charge in [0, 0.05) is 37.6 Å². The maximum absolute atomic E-state index is 12.3. The number of piperazine rings is 1. The Balaban J connectivity index is 1.59. The zero-order chi connectivity index (χ0) is 19.9. The zero-order valence-electron chi connectivity index (χ0n) is 16.5. The third-order valence-electron chi connectivity index (χ3n) is 5.11. The second kappa shape index (κ2) is 9.82. The molecule has 1 aliphatic rings. The number of benzene rings is 1. The minimum Gasteiger partial charge on any atom is -0.346 e. The second-order valence-electron chi connectivity index (χ2n) is 7.24. The van der Waals surface area contributed by atoms with Gasteiger partial charge in [0.15, 0.2) is 0 Å². The SMILES string of the molecule is Cc1ccc(C(CNC(=O)C(=O)NCc2cccs2)N2CCN(C)CC2)cc1. The van der Waals surface area contributed by atoms with Gasteiger partial charge in [-0.15, -0.1) is 11.3 Å². The fraction of sp³-hybridized carbons (Fsp3) is 0.429. The first-order valence-corrected chi connectivity index (χ1v) is 10.5. The third-order valence-corrected chi connectivity index (χ3v) is 5.98. The van der Waals surface area contributed by atoms with Gasteiger partial charge < -0.3 is 15.5 Å². The van der Waals surface area contributed by atoms with E-state index in [-0.39, 0.29) is 6.04 Å². The van der Waals surface area contributed by atoms with Crippen LogP contribution in [0.4, 0.5) is 0 Å². The molecule has 1 aromatic carbocycles. The number of likely N-dealkylation sites (N-methyl/N-ethyl adjacent to an activating group) is 1. The quantitative estimate of drug-likeness (QED) is 0.726. The first-order valence-electron chi connectivity index (χ1n) is 9.60. The smallest absolute Gasteiger partial charge is 0.309 e. The number of hydrogen-bond acceptors (Lipinski definition) is 5. The highest BCUT2D eigenvalue weighted by Crippen LogP contribution is 2.22. The van der Waals surface area contributed by atoms with Crippen molar-refractivity contribution in [3.63, 3.8) is 0 Å². The summed E-state index contributed by atoms with van der Waals surface area (Å²) in [5, 5.41) is 7.46. The first-order chi connectivity index (χ1) is 13.5. The molecule has 0 radical (unpaired) electrons. The number of thiophene rings is 1. The van der Waals surface area contributed by atoms with Crippen molar-refractivity contribution in [1.82, 2.24) is 20.4 Å². The minimum atomic E-state index is -0.588. The van der Waals surface area contributed by atoms with Gasteiger partial charge in [0.1, 0.15) is 0 Å². The van der Waals surface area contributed by atoms with Crippen molar-refractivity contribution >= 4 is 23.2 Å². The maximum Gasteiger partial charge on any atom is 0.309 e. The molecule has 0 spiro atoms. The van der Waals surface area contributed by atoms with Gasteiger partial charge in [0.25, 0.3) is 0 Å². The fourth-order valence-electron chi connectivity index (χ4n) is 3.31. The maximum atomic E-state index is 12.3. The number of rotatable bonds is 6. The third kappa shape index (κ3) is 5.64. The van der Waals surface area contributed by atoms with Gasteiger partial charge >= 0.3 is 11.8 Å². The Bertz CT molecular complexity index is 768. The van der Waals surface area contributed by atoms with Crippen LogP contribution in [0.3, 0.4) is 0 Å². The summed E-state index contributed by atoms with van der Waals surface area (Å²) in [5.41, 5.74) is 2.37. The summed E-state index contributed by atoms with van der Waals surface area (Å²) in [6, 6.07) is 12.3. The number of hydrogen-bond donors (Lipinski definition) is 2. The van der Waals surface area contributed by atoms with Crippen molar-refractivity contribution in [2.75, 3.05) is 39.8 Å². The van der Waals surface area contributed by atoms with Crippen molar-refractivity contribution in [2.45, 2.75) is 19.5 Å². The van der Waals surface area contributed by atoms with E-state index in [1.54, 1.807) is 11.3 Å². The van der Waals surface area contributed by atoms with E-state index in [1.807, 2.05) is 17.5 Å². The molecule has 7 heteroatoms. The van der Waals surface area contributed by atoms with Gasteiger partial charge in [-0.2, -0.15) is 0 Å². The Kier molecular flexibility index (Phi) is 7.19. The van der Waals surface area contributed by atoms with E-state index in [2.05, 4.69) is 58.7 Å². The van der Waals surface area contributed by atoms with Crippen molar-refractivity contribution in [3.05, 3.63) is 57.8 Å². The van der Waals surface area contributed by atoms with Crippen molar-refractivity contribution in [2.24, 2.45) is 0 Å². The molecule has 1 fully saturated rings. The molecular formula is C21H28N4O2S. The highest BCUT2D eigenvalue weighted by molar-refractivity contribution is 7.09. The Morgan fingerprint density at radius 1 is 1.04 bits per heavy atom. The predicted molar refractivity (Wildman–Crippen MR) is 112 cm³/mol.